The second-order valence-electron chi connectivity index (χ2n) is 6.95. The van der Waals surface area contributed by atoms with E-state index in [4.69, 9.17) is 9.47 Å². The number of ether oxygens (including phenoxy) is 2. The highest BCUT2D eigenvalue weighted by Gasteiger charge is 2.34. The van der Waals surface area contributed by atoms with E-state index in [1.54, 1.807) is 0 Å². The maximum atomic E-state index is 5.85. The van der Waals surface area contributed by atoms with Crippen molar-refractivity contribution in [3.63, 3.8) is 0 Å². The molecular weight excluding hydrogens is 322 g/mol. The van der Waals surface area contributed by atoms with E-state index in [0.29, 0.717) is 0 Å². The van der Waals surface area contributed by atoms with Gasteiger partial charge in [0, 0.05) is 30.9 Å². The van der Waals surface area contributed by atoms with Gasteiger partial charge >= 0.3 is 0 Å². The van der Waals surface area contributed by atoms with Gasteiger partial charge in [-0.2, -0.15) is 0 Å². The molecule has 2 aliphatic rings. The number of nitrogens with zero attached hydrogens (tertiary/aromatic N) is 1. The molecule has 2 aliphatic heterocycles. The van der Waals surface area contributed by atoms with Crippen molar-refractivity contribution < 1.29 is 9.47 Å². The maximum absolute atomic E-state index is 5.85. The lowest BCUT2D eigenvalue weighted by Crippen LogP contribution is -2.22. The number of benzene rings is 2. The first-order valence-electron chi connectivity index (χ1n) is 9.79. The minimum Gasteiger partial charge on any atom is -0.353 e. The van der Waals surface area contributed by atoms with Crippen molar-refractivity contribution >= 4 is 11.4 Å². The highest BCUT2D eigenvalue weighted by Crippen LogP contribution is 2.47. The van der Waals surface area contributed by atoms with Crippen LogP contribution in [0.25, 0.3) is 11.4 Å². The third kappa shape index (κ3) is 4.17. The molecule has 0 bridgehead atoms. The predicted octanol–water partition coefficient (Wildman–Crippen LogP) is 5.15. The molecule has 0 aromatic heterocycles. The largest absolute Gasteiger partial charge is 0.353 e. The summed E-state index contributed by atoms with van der Waals surface area (Å²) in [4.78, 5) is 2.45. The van der Waals surface area contributed by atoms with Crippen LogP contribution in [0, 0.1) is 0 Å². The number of hydrogen-bond donors (Lipinski definition) is 0. The lowest BCUT2D eigenvalue weighted by molar-refractivity contribution is -0.162. The average molecular weight is 349 g/mol. The number of rotatable bonds is 8. The van der Waals surface area contributed by atoms with Crippen LogP contribution in [-0.4, -0.2) is 30.9 Å². The summed E-state index contributed by atoms with van der Waals surface area (Å²) in [6, 6.07) is 21.4. The third-order valence-electron chi connectivity index (χ3n) is 5.03. The molecule has 3 nitrogen and oxygen atoms in total. The Bertz CT molecular complexity index is 671. The highest BCUT2D eigenvalue weighted by molar-refractivity contribution is 6.04. The molecule has 2 heterocycles. The zero-order valence-corrected chi connectivity index (χ0v) is 15.3. The third-order valence-corrected chi connectivity index (χ3v) is 5.03. The summed E-state index contributed by atoms with van der Waals surface area (Å²) in [5.41, 5.74) is 5.35. The standard InChI is InChI=1S/C23H27NO2/c1-3-11-19(12-4-1)22-23(20-13-5-2-6-14-20)24(22)16-8-10-18-26-21-15-7-9-17-25-21/h1-6,11-14,21H,7-10,15-18H2. The molecule has 2 aromatic rings. The van der Waals surface area contributed by atoms with Gasteiger partial charge in [0.05, 0.1) is 11.4 Å². The molecule has 136 valence electrons. The van der Waals surface area contributed by atoms with Gasteiger partial charge in [0.15, 0.2) is 6.29 Å². The van der Waals surface area contributed by atoms with Crippen LogP contribution >= 0.6 is 0 Å². The molecule has 4 rings (SSSR count). The normalized spacial score (nSPS) is 19.7. The Morgan fingerprint density at radius 2 is 1.50 bits per heavy atom. The molecule has 1 saturated heterocycles. The monoisotopic (exact) mass is 349 g/mol. The van der Waals surface area contributed by atoms with Crippen molar-refractivity contribution in [3.05, 3.63) is 71.8 Å². The van der Waals surface area contributed by atoms with Gasteiger partial charge in [-0.05, 0) is 32.1 Å². The highest BCUT2D eigenvalue weighted by atomic mass is 16.7. The molecular formula is C23H27NO2. The average Bonchev–Trinajstić information content (AvgIpc) is 3.44. The fraction of sp³-hybridized carbons (Fsp3) is 0.391. The SMILES string of the molecule is c1ccc(C2=C(c3ccccc3)N2CCCCOC2CCCCO2)cc1. The Morgan fingerprint density at radius 3 is 2.08 bits per heavy atom. The minimum absolute atomic E-state index is 0.0304. The fourth-order valence-corrected chi connectivity index (χ4v) is 3.63. The topological polar surface area (TPSA) is 21.5 Å². The Hall–Kier alpha value is -2.10. The fourth-order valence-electron chi connectivity index (χ4n) is 3.63. The van der Waals surface area contributed by atoms with E-state index in [2.05, 4.69) is 65.6 Å². The van der Waals surface area contributed by atoms with Crippen LogP contribution in [0.2, 0.25) is 0 Å². The van der Waals surface area contributed by atoms with Crippen LogP contribution < -0.4 is 0 Å². The van der Waals surface area contributed by atoms with Crippen LogP contribution in [0.3, 0.4) is 0 Å². The van der Waals surface area contributed by atoms with Crippen molar-refractivity contribution in [2.24, 2.45) is 0 Å². The Morgan fingerprint density at radius 1 is 0.846 bits per heavy atom. The van der Waals surface area contributed by atoms with Crippen molar-refractivity contribution in [3.8, 4) is 0 Å². The minimum atomic E-state index is 0.0304. The van der Waals surface area contributed by atoms with E-state index >= 15 is 0 Å². The van der Waals surface area contributed by atoms with Crippen molar-refractivity contribution in [1.82, 2.24) is 4.90 Å². The van der Waals surface area contributed by atoms with Crippen LogP contribution in [0.15, 0.2) is 60.7 Å². The first kappa shape index (κ1) is 17.3. The molecule has 0 saturated carbocycles. The van der Waals surface area contributed by atoms with E-state index in [1.807, 2.05) is 0 Å². The molecule has 0 N–H and O–H groups in total. The van der Waals surface area contributed by atoms with Crippen molar-refractivity contribution in [2.45, 2.75) is 38.4 Å². The molecule has 3 heteroatoms. The summed E-state index contributed by atoms with van der Waals surface area (Å²) in [7, 11) is 0. The predicted molar refractivity (Wildman–Crippen MR) is 105 cm³/mol. The second kappa shape index (κ2) is 8.52. The molecule has 1 fully saturated rings. The summed E-state index contributed by atoms with van der Waals surface area (Å²) in [5.74, 6) is 0. The Balaban J connectivity index is 1.30. The Labute approximate surface area is 156 Å². The zero-order chi connectivity index (χ0) is 17.6. The molecule has 0 spiro atoms. The summed E-state index contributed by atoms with van der Waals surface area (Å²) in [6.07, 6.45) is 5.67. The van der Waals surface area contributed by atoms with E-state index < -0.39 is 0 Å². The van der Waals surface area contributed by atoms with Crippen molar-refractivity contribution in [1.29, 1.82) is 0 Å². The van der Waals surface area contributed by atoms with Gasteiger partial charge in [-0.1, -0.05) is 60.7 Å². The number of hydrogen-bond acceptors (Lipinski definition) is 3. The zero-order valence-electron chi connectivity index (χ0n) is 15.3. The quantitative estimate of drug-likeness (QED) is 0.615. The molecule has 0 radical (unpaired) electrons. The van der Waals surface area contributed by atoms with E-state index in [9.17, 15) is 0 Å². The lowest BCUT2D eigenvalue weighted by Gasteiger charge is -2.22. The van der Waals surface area contributed by atoms with Gasteiger partial charge < -0.3 is 14.4 Å². The summed E-state index contributed by atoms with van der Waals surface area (Å²) in [5, 5.41) is 0. The van der Waals surface area contributed by atoms with Gasteiger partial charge in [0.1, 0.15) is 0 Å². The first-order valence-corrected chi connectivity index (χ1v) is 9.79. The van der Waals surface area contributed by atoms with Crippen LogP contribution in [-0.2, 0) is 9.47 Å². The first-order chi connectivity index (χ1) is 12.9. The maximum Gasteiger partial charge on any atom is 0.157 e. The van der Waals surface area contributed by atoms with Gasteiger partial charge in [0.2, 0.25) is 0 Å². The summed E-state index contributed by atoms with van der Waals surface area (Å²) in [6.45, 7) is 2.69. The molecule has 1 unspecified atom stereocenters. The van der Waals surface area contributed by atoms with Crippen LogP contribution in [0.1, 0.15) is 43.2 Å². The van der Waals surface area contributed by atoms with Gasteiger partial charge in [-0.3, -0.25) is 0 Å². The molecule has 26 heavy (non-hydrogen) atoms. The van der Waals surface area contributed by atoms with Gasteiger partial charge in [-0.25, -0.2) is 0 Å². The van der Waals surface area contributed by atoms with E-state index in [0.717, 1.165) is 39.0 Å². The molecule has 0 amide bonds. The van der Waals surface area contributed by atoms with Gasteiger partial charge in [0.25, 0.3) is 0 Å². The molecule has 0 aliphatic carbocycles. The lowest BCUT2D eigenvalue weighted by atomic mass is 10.1. The van der Waals surface area contributed by atoms with Crippen LogP contribution in [0.5, 0.6) is 0 Å². The number of unbranched alkanes of at least 4 members (excludes halogenated alkanes) is 1. The van der Waals surface area contributed by atoms with Gasteiger partial charge in [-0.15, -0.1) is 0 Å². The van der Waals surface area contributed by atoms with E-state index in [1.165, 1.54) is 35.4 Å². The second-order valence-corrected chi connectivity index (χ2v) is 6.95. The molecule has 2 aromatic carbocycles. The summed E-state index contributed by atoms with van der Waals surface area (Å²) >= 11 is 0. The van der Waals surface area contributed by atoms with Crippen LogP contribution in [0.4, 0.5) is 0 Å². The summed E-state index contributed by atoms with van der Waals surface area (Å²) < 4.78 is 11.5. The Kier molecular flexibility index (Phi) is 5.68. The molecule has 1 atom stereocenters. The smallest absolute Gasteiger partial charge is 0.157 e. The van der Waals surface area contributed by atoms with E-state index in [-0.39, 0.29) is 6.29 Å². The van der Waals surface area contributed by atoms with Crippen molar-refractivity contribution in [2.75, 3.05) is 19.8 Å².